The van der Waals surface area contributed by atoms with E-state index in [0.29, 0.717) is 16.4 Å². The molecule has 0 spiro atoms. The number of rotatable bonds is 5. The van der Waals surface area contributed by atoms with E-state index in [1.165, 1.54) is 16.0 Å². The van der Waals surface area contributed by atoms with Gasteiger partial charge in [0.1, 0.15) is 0 Å². The molecule has 2 aromatic carbocycles. The summed E-state index contributed by atoms with van der Waals surface area (Å²) in [6.07, 6.45) is 1.76. The summed E-state index contributed by atoms with van der Waals surface area (Å²) in [5.74, 6) is 0.570. The molecule has 4 aromatic rings. The van der Waals surface area contributed by atoms with Crippen LogP contribution in [-0.2, 0) is 5.75 Å². The molecule has 0 aliphatic rings. The number of hydrogen-bond acceptors (Lipinski definition) is 6. The molecule has 0 saturated heterocycles. The lowest BCUT2D eigenvalue weighted by atomic mass is 10.1. The molecule has 1 N–H and O–H groups in total. The number of carbonyl (C=O) groups is 1. The van der Waals surface area contributed by atoms with Crippen LogP contribution in [0, 0.1) is 6.92 Å². The highest BCUT2D eigenvalue weighted by atomic mass is 32.2. The first-order chi connectivity index (χ1) is 12.7. The zero-order valence-corrected chi connectivity index (χ0v) is 16.4. The van der Waals surface area contributed by atoms with Gasteiger partial charge in [-0.1, -0.05) is 42.1 Å². The van der Waals surface area contributed by atoms with Gasteiger partial charge in [-0.15, -0.1) is 22.7 Å². The largest absolute Gasteiger partial charge is 0.298 e. The van der Waals surface area contributed by atoms with Crippen molar-refractivity contribution in [3.05, 3.63) is 70.7 Å². The second-order valence-electron chi connectivity index (χ2n) is 5.62. The zero-order valence-electron chi connectivity index (χ0n) is 13.9. The zero-order chi connectivity index (χ0) is 17.9. The number of amides is 1. The van der Waals surface area contributed by atoms with Crippen molar-refractivity contribution in [1.29, 1.82) is 0 Å². The molecule has 7 heteroatoms. The number of nitrogens with zero attached hydrogens (tertiary/aromatic N) is 2. The molecule has 0 fully saturated rings. The molecule has 0 saturated carbocycles. The van der Waals surface area contributed by atoms with E-state index in [9.17, 15) is 4.79 Å². The van der Waals surface area contributed by atoms with Crippen molar-refractivity contribution in [2.45, 2.75) is 17.0 Å². The third kappa shape index (κ3) is 3.80. The summed E-state index contributed by atoms with van der Waals surface area (Å²) in [4.78, 5) is 22.5. The Bertz CT molecular complexity index is 1040. The highest BCUT2D eigenvalue weighted by molar-refractivity contribution is 8.00. The maximum absolute atomic E-state index is 12.6. The van der Waals surface area contributed by atoms with Gasteiger partial charge in [-0.2, -0.15) is 0 Å². The van der Waals surface area contributed by atoms with Crippen LogP contribution >= 0.6 is 34.4 Å². The van der Waals surface area contributed by atoms with E-state index in [1.807, 2.05) is 49.4 Å². The van der Waals surface area contributed by atoms with Crippen LogP contribution in [0.1, 0.15) is 20.8 Å². The van der Waals surface area contributed by atoms with Gasteiger partial charge in [0.05, 0.1) is 10.2 Å². The second kappa shape index (κ2) is 7.57. The number of thiazole rings is 2. The minimum Gasteiger partial charge on any atom is -0.298 e. The molecule has 0 aliphatic carbocycles. The Labute approximate surface area is 163 Å². The predicted octanol–water partition coefficient (Wildman–Crippen LogP) is 5.61. The molecule has 0 atom stereocenters. The standard InChI is InChI=1S/C19H15N3OS3/c1-12-10-20-18(25-12)22-17(23)14-7-3-2-6-13(14)11-24-19-21-15-8-4-5-9-16(15)26-19/h2-10H,11H2,1H3,(H,20,22,23). The summed E-state index contributed by atoms with van der Waals surface area (Å²) < 4.78 is 2.19. The van der Waals surface area contributed by atoms with Gasteiger partial charge in [0.2, 0.25) is 0 Å². The summed E-state index contributed by atoms with van der Waals surface area (Å²) in [6, 6.07) is 15.8. The topological polar surface area (TPSA) is 54.9 Å². The van der Waals surface area contributed by atoms with Crippen LogP contribution in [0.3, 0.4) is 0 Å². The van der Waals surface area contributed by atoms with Crippen LogP contribution in [0.4, 0.5) is 5.13 Å². The first-order valence-corrected chi connectivity index (χ1v) is 10.6. The molecule has 130 valence electrons. The van der Waals surface area contributed by atoms with E-state index in [0.717, 1.165) is 20.3 Å². The molecule has 4 rings (SSSR count). The number of para-hydroxylation sites is 1. The van der Waals surface area contributed by atoms with E-state index in [4.69, 9.17) is 0 Å². The Morgan fingerprint density at radius 2 is 1.92 bits per heavy atom. The number of hydrogen-bond donors (Lipinski definition) is 1. The van der Waals surface area contributed by atoms with Gasteiger partial charge >= 0.3 is 0 Å². The summed E-state index contributed by atoms with van der Waals surface area (Å²) in [5, 5.41) is 3.51. The molecule has 4 nitrogen and oxygen atoms in total. The quantitative estimate of drug-likeness (QED) is 0.445. The third-order valence-electron chi connectivity index (χ3n) is 3.73. The predicted molar refractivity (Wildman–Crippen MR) is 110 cm³/mol. The first-order valence-electron chi connectivity index (χ1n) is 7.99. The Balaban J connectivity index is 1.50. The second-order valence-corrected chi connectivity index (χ2v) is 9.11. The third-order valence-corrected chi connectivity index (χ3v) is 6.79. The Hall–Kier alpha value is -2.22. The molecule has 1 amide bonds. The minimum atomic E-state index is -0.125. The Kier molecular flexibility index (Phi) is 5.01. The van der Waals surface area contributed by atoms with Gasteiger partial charge in [0.15, 0.2) is 9.47 Å². The lowest BCUT2D eigenvalue weighted by molar-refractivity contribution is 0.102. The van der Waals surface area contributed by atoms with E-state index < -0.39 is 0 Å². The van der Waals surface area contributed by atoms with Gasteiger partial charge in [-0.25, -0.2) is 9.97 Å². The van der Waals surface area contributed by atoms with Gasteiger partial charge in [0, 0.05) is 22.4 Å². The van der Waals surface area contributed by atoms with Crippen molar-refractivity contribution in [2.24, 2.45) is 0 Å². The number of thioether (sulfide) groups is 1. The number of anilines is 1. The number of carbonyl (C=O) groups excluding carboxylic acids is 1. The fourth-order valence-corrected chi connectivity index (χ4v) is 5.23. The fourth-order valence-electron chi connectivity index (χ4n) is 2.50. The molecule has 26 heavy (non-hydrogen) atoms. The number of benzene rings is 2. The van der Waals surface area contributed by atoms with Crippen LogP contribution < -0.4 is 5.32 Å². The van der Waals surface area contributed by atoms with E-state index in [1.54, 1.807) is 29.3 Å². The molecule has 0 radical (unpaired) electrons. The van der Waals surface area contributed by atoms with Crippen LogP contribution in [0.2, 0.25) is 0 Å². The normalized spacial score (nSPS) is 11.0. The first kappa shape index (κ1) is 17.2. The van der Waals surface area contributed by atoms with Crippen molar-refractivity contribution in [3.8, 4) is 0 Å². The lowest BCUT2D eigenvalue weighted by Gasteiger charge is -2.08. The Morgan fingerprint density at radius 1 is 1.12 bits per heavy atom. The maximum Gasteiger partial charge on any atom is 0.257 e. The van der Waals surface area contributed by atoms with Crippen LogP contribution in [0.15, 0.2) is 59.1 Å². The summed E-state index contributed by atoms with van der Waals surface area (Å²) >= 11 is 4.81. The highest BCUT2D eigenvalue weighted by Crippen LogP contribution is 2.32. The molecule has 0 unspecified atom stereocenters. The molecule has 0 bridgehead atoms. The number of aromatic nitrogens is 2. The van der Waals surface area contributed by atoms with Crippen LogP contribution in [0.5, 0.6) is 0 Å². The van der Waals surface area contributed by atoms with Crippen LogP contribution in [0.25, 0.3) is 10.2 Å². The average molecular weight is 398 g/mol. The highest BCUT2D eigenvalue weighted by Gasteiger charge is 2.14. The molecule has 2 heterocycles. The monoisotopic (exact) mass is 397 g/mol. The maximum atomic E-state index is 12.6. The summed E-state index contributed by atoms with van der Waals surface area (Å²) in [6.45, 7) is 1.97. The molecular formula is C19H15N3OS3. The summed E-state index contributed by atoms with van der Waals surface area (Å²) in [7, 11) is 0. The van der Waals surface area contributed by atoms with Crippen molar-refractivity contribution < 1.29 is 4.79 Å². The number of fused-ring (bicyclic) bond motifs is 1. The Morgan fingerprint density at radius 3 is 2.73 bits per heavy atom. The number of nitrogens with one attached hydrogen (secondary N) is 1. The van der Waals surface area contributed by atoms with Crippen molar-refractivity contribution in [1.82, 2.24) is 9.97 Å². The van der Waals surface area contributed by atoms with Gasteiger partial charge in [0.25, 0.3) is 5.91 Å². The lowest BCUT2D eigenvalue weighted by Crippen LogP contribution is -2.13. The van der Waals surface area contributed by atoms with Crippen molar-refractivity contribution >= 4 is 55.7 Å². The SMILES string of the molecule is Cc1cnc(NC(=O)c2ccccc2CSc2nc3ccccc3s2)s1. The molecule has 0 aliphatic heterocycles. The van der Waals surface area contributed by atoms with Gasteiger partial charge in [-0.3, -0.25) is 10.1 Å². The molecular weight excluding hydrogens is 382 g/mol. The van der Waals surface area contributed by atoms with Crippen molar-refractivity contribution in [3.63, 3.8) is 0 Å². The minimum absolute atomic E-state index is 0.125. The molecule has 2 aromatic heterocycles. The van der Waals surface area contributed by atoms with E-state index in [-0.39, 0.29) is 5.91 Å². The van der Waals surface area contributed by atoms with E-state index >= 15 is 0 Å². The van der Waals surface area contributed by atoms with Gasteiger partial charge in [-0.05, 0) is 30.7 Å². The van der Waals surface area contributed by atoms with Gasteiger partial charge < -0.3 is 0 Å². The fraction of sp³-hybridized carbons (Fsp3) is 0.105. The summed E-state index contributed by atoms with van der Waals surface area (Å²) in [5.41, 5.74) is 2.68. The smallest absolute Gasteiger partial charge is 0.257 e. The van der Waals surface area contributed by atoms with Crippen molar-refractivity contribution in [2.75, 3.05) is 5.32 Å². The number of aryl methyl sites for hydroxylation is 1. The van der Waals surface area contributed by atoms with E-state index in [2.05, 4.69) is 21.4 Å². The average Bonchev–Trinajstić information content (AvgIpc) is 3.25. The van der Waals surface area contributed by atoms with Crippen LogP contribution in [-0.4, -0.2) is 15.9 Å².